The van der Waals surface area contributed by atoms with Crippen molar-refractivity contribution in [3.05, 3.63) is 46.8 Å². The van der Waals surface area contributed by atoms with Gasteiger partial charge in [0.1, 0.15) is 0 Å². The van der Waals surface area contributed by atoms with Gasteiger partial charge in [-0.2, -0.15) is 9.99 Å². The van der Waals surface area contributed by atoms with Crippen molar-refractivity contribution in [2.75, 3.05) is 0 Å². The van der Waals surface area contributed by atoms with Crippen molar-refractivity contribution < 1.29 is 4.73 Å². The fourth-order valence-corrected chi connectivity index (χ4v) is 1.42. The van der Waals surface area contributed by atoms with Crippen molar-refractivity contribution in [3.63, 3.8) is 0 Å². The molecule has 0 radical (unpaired) electrons. The van der Waals surface area contributed by atoms with Gasteiger partial charge in [0.2, 0.25) is 5.52 Å². The van der Waals surface area contributed by atoms with E-state index < -0.39 is 0 Å². The Morgan fingerprint density at radius 2 is 2.00 bits per heavy atom. The summed E-state index contributed by atoms with van der Waals surface area (Å²) in [5, 5.41) is 21.1. The molecule has 0 bridgehead atoms. The molecule has 3 heteroatoms. The van der Waals surface area contributed by atoms with Crippen molar-refractivity contribution in [1.29, 1.82) is 5.26 Å². The van der Waals surface area contributed by atoms with Crippen LogP contribution in [-0.2, 0) is 0 Å². The molecule has 0 aliphatic rings. The van der Waals surface area contributed by atoms with Crippen molar-refractivity contribution in [1.82, 2.24) is 0 Å². The van der Waals surface area contributed by atoms with Gasteiger partial charge in [0, 0.05) is 17.5 Å². The molecule has 0 N–H and O–H groups in total. The van der Waals surface area contributed by atoms with E-state index in [9.17, 15) is 5.21 Å². The highest BCUT2D eigenvalue weighted by Crippen LogP contribution is 2.12. The number of aromatic nitrogens is 1. The van der Waals surface area contributed by atoms with Crippen LogP contribution in [-0.4, -0.2) is 0 Å². The summed E-state index contributed by atoms with van der Waals surface area (Å²) in [6, 6.07) is 10.8. The molecule has 0 spiro atoms. The molecule has 0 atom stereocenters. The Hall–Kier alpha value is -2.08. The van der Waals surface area contributed by atoms with Crippen molar-refractivity contribution in [3.8, 4) is 6.07 Å². The SMILES string of the molecule is Cc1ccc2ccc(C#N)[n+]([O-])c2c1. The molecule has 0 saturated carbocycles. The molecule has 0 aliphatic heterocycles. The fraction of sp³-hybridized carbons (Fsp3) is 0.0909. The van der Waals surface area contributed by atoms with E-state index in [1.165, 1.54) is 6.07 Å². The predicted octanol–water partition coefficient (Wildman–Crippen LogP) is 1.65. The lowest BCUT2D eigenvalue weighted by Crippen LogP contribution is -2.31. The van der Waals surface area contributed by atoms with Crippen LogP contribution in [0.15, 0.2) is 30.3 Å². The number of rotatable bonds is 0. The number of hydrogen-bond acceptors (Lipinski definition) is 2. The highest BCUT2D eigenvalue weighted by Gasteiger charge is 2.08. The van der Waals surface area contributed by atoms with Crippen LogP contribution in [0.3, 0.4) is 0 Å². The van der Waals surface area contributed by atoms with E-state index in [1.807, 2.05) is 25.1 Å². The first kappa shape index (κ1) is 8.52. The number of pyridine rings is 1. The number of fused-ring (bicyclic) bond motifs is 1. The average Bonchev–Trinajstić information content (AvgIpc) is 2.20. The Morgan fingerprint density at radius 3 is 2.71 bits per heavy atom. The monoisotopic (exact) mass is 184 g/mol. The van der Waals surface area contributed by atoms with E-state index in [2.05, 4.69) is 0 Å². The smallest absolute Gasteiger partial charge is 0.295 e. The van der Waals surface area contributed by atoms with E-state index in [4.69, 9.17) is 5.26 Å². The van der Waals surface area contributed by atoms with E-state index in [1.54, 1.807) is 12.1 Å². The second-order valence-corrected chi connectivity index (χ2v) is 3.19. The fourth-order valence-electron chi connectivity index (χ4n) is 1.42. The van der Waals surface area contributed by atoms with Crippen molar-refractivity contribution in [2.45, 2.75) is 6.92 Å². The Morgan fingerprint density at radius 1 is 1.29 bits per heavy atom. The lowest BCUT2D eigenvalue weighted by atomic mass is 10.1. The molecule has 3 nitrogen and oxygen atoms in total. The van der Waals surface area contributed by atoms with Gasteiger partial charge in [-0.25, -0.2) is 0 Å². The van der Waals surface area contributed by atoms with Crippen LogP contribution in [0.2, 0.25) is 0 Å². The summed E-state index contributed by atoms with van der Waals surface area (Å²) in [5.41, 5.74) is 1.68. The van der Waals surface area contributed by atoms with E-state index in [0.717, 1.165) is 10.9 Å². The summed E-state index contributed by atoms with van der Waals surface area (Å²) in [7, 11) is 0. The summed E-state index contributed by atoms with van der Waals surface area (Å²) in [6.45, 7) is 1.92. The largest absolute Gasteiger partial charge is 0.617 e. The molecular weight excluding hydrogens is 176 g/mol. The minimum atomic E-state index is 0.128. The minimum absolute atomic E-state index is 0.128. The molecule has 0 fully saturated rings. The molecule has 2 aromatic rings. The van der Waals surface area contributed by atoms with Crippen LogP contribution in [0, 0.1) is 23.5 Å². The molecule has 14 heavy (non-hydrogen) atoms. The van der Waals surface area contributed by atoms with Crippen LogP contribution >= 0.6 is 0 Å². The molecule has 68 valence electrons. The third kappa shape index (κ3) is 1.17. The third-order valence-corrected chi connectivity index (χ3v) is 2.16. The Bertz CT molecular complexity index is 541. The zero-order chi connectivity index (χ0) is 10.1. The molecule has 1 heterocycles. The minimum Gasteiger partial charge on any atom is -0.617 e. The lowest BCUT2D eigenvalue weighted by molar-refractivity contribution is -0.580. The van der Waals surface area contributed by atoms with Crippen LogP contribution in [0.4, 0.5) is 0 Å². The number of nitrogens with zero attached hydrogens (tertiary/aromatic N) is 2. The first-order chi connectivity index (χ1) is 6.72. The lowest BCUT2D eigenvalue weighted by Gasteiger charge is -2.03. The van der Waals surface area contributed by atoms with Gasteiger partial charge in [0.25, 0.3) is 5.69 Å². The zero-order valence-corrected chi connectivity index (χ0v) is 7.69. The highest BCUT2D eigenvalue weighted by molar-refractivity contribution is 5.76. The predicted molar refractivity (Wildman–Crippen MR) is 52.4 cm³/mol. The normalized spacial score (nSPS) is 10.0. The Labute approximate surface area is 81.4 Å². The van der Waals surface area contributed by atoms with Crippen molar-refractivity contribution >= 4 is 10.9 Å². The maximum Gasteiger partial charge on any atom is 0.295 e. The standard InChI is InChI=1S/C11H8N2O/c1-8-2-3-9-4-5-10(7-12)13(14)11(9)6-8/h2-6H,1H3. The number of benzene rings is 1. The molecule has 1 aromatic carbocycles. The molecular formula is C11H8N2O. The molecule has 0 aliphatic carbocycles. The summed E-state index contributed by atoms with van der Waals surface area (Å²) in [5.74, 6) is 0. The van der Waals surface area contributed by atoms with Gasteiger partial charge in [-0.15, -0.1) is 0 Å². The van der Waals surface area contributed by atoms with Crippen LogP contribution < -0.4 is 4.73 Å². The maximum atomic E-state index is 11.6. The Kier molecular flexibility index (Phi) is 1.83. The third-order valence-electron chi connectivity index (χ3n) is 2.16. The Balaban J connectivity index is 2.88. The maximum absolute atomic E-state index is 11.6. The van der Waals surface area contributed by atoms with E-state index in [-0.39, 0.29) is 5.69 Å². The number of hydrogen-bond donors (Lipinski definition) is 0. The first-order valence-corrected chi connectivity index (χ1v) is 4.25. The number of aryl methyl sites for hydroxylation is 1. The molecule has 1 aromatic heterocycles. The van der Waals surface area contributed by atoms with Gasteiger partial charge >= 0.3 is 0 Å². The van der Waals surface area contributed by atoms with Gasteiger partial charge in [0.15, 0.2) is 6.07 Å². The van der Waals surface area contributed by atoms with Gasteiger partial charge in [-0.1, -0.05) is 6.07 Å². The summed E-state index contributed by atoms with van der Waals surface area (Å²) >= 11 is 0. The van der Waals surface area contributed by atoms with Gasteiger partial charge in [-0.05, 0) is 24.6 Å². The highest BCUT2D eigenvalue weighted by atomic mass is 16.5. The second-order valence-electron chi connectivity index (χ2n) is 3.19. The first-order valence-electron chi connectivity index (χ1n) is 4.25. The van der Waals surface area contributed by atoms with Gasteiger partial charge in [0.05, 0.1) is 0 Å². The average molecular weight is 184 g/mol. The molecule has 0 unspecified atom stereocenters. The second kappa shape index (κ2) is 3.00. The van der Waals surface area contributed by atoms with E-state index >= 15 is 0 Å². The topological polar surface area (TPSA) is 50.7 Å². The molecule has 0 amide bonds. The summed E-state index contributed by atoms with van der Waals surface area (Å²) in [4.78, 5) is 0. The van der Waals surface area contributed by atoms with Gasteiger partial charge in [-0.3, -0.25) is 0 Å². The summed E-state index contributed by atoms with van der Waals surface area (Å²) < 4.78 is 0.669. The summed E-state index contributed by atoms with van der Waals surface area (Å²) in [6.07, 6.45) is 0. The zero-order valence-electron chi connectivity index (χ0n) is 7.69. The van der Waals surface area contributed by atoms with E-state index in [0.29, 0.717) is 10.2 Å². The van der Waals surface area contributed by atoms with Crippen LogP contribution in [0.25, 0.3) is 10.9 Å². The van der Waals surface area contributed by atoms with Crippen LogP contribution in [0.1, 0.15) is 11.3 Å². The van der Waals surface area contributed by atoms with Crippen molar-refractivity contribution in [2.24, 2.45) is 0 Å². The van der Waals surface area contributed by atoms with Gasteiger partial charge < -0.3 is 5.21 Å². The molecule has 0 saturated heterocycles. The molecule has 2 rings (SSSR count). The quantitative estimate of drug-likeness (QED) is 0.461. The number of nitriles is 1. The van der Waals surface area contributed by atoms with Crippen LogP contribution in [0.5, 0.6) is 0 Å².